The Morgan fingerprint density at radius 1 is 1.42 bits per heavy atom. The molecule has 2 amide bonds. The molecule has 0 atom stereocenters. The van der Waals surface area contributed by atoms with Crippen LogP contribution in [0.3, 0.4) is 0 Å². The van der Waals surface area contributed by atoms with E-state index in [0.717, 1.165) is 30.0 Å². The Hall–Kier alpha value is -2.06. The number of carbonyl (C=O) groups is 2. The SMILES string of the molecule is O=C(CN1CSCC1=O)Nc1nc(-c2ccc3c(c2)CCO3)cs1. The summed E-state index contributed by atoms with van der Waals surface area (Å²) in [6.45, 7) is 0.807. The van der Waals surface area contributed by atoms with Crippen molar-refractivity contribution in [3.8, 4) is 17.0 Å². The van der Waals surface area contributed by atoms with Crippen LogP contribution in [0.25, 0.3) is 11.3 Å². The summed E-state index contributed by atoms with van der Waals surface area (Å²) in [5.41, 5.74) is 3.04. The van der Waals surface area contributed by atoms with E-state index in [1.54, 1.807) is 4.90 Å². The zero-order valence-corrected chi connectivity index (χ0v) is 14.4. The molecule has 0 spiro atoms. The molecule has 0 aliphatic carbocycles. The van der Waals surface area contributed by atoms with Crippen LogP contribution in [0.5, 0.6) is 5.75 Å². The van der Waals surface area contributed by atoms with Crippen LogP contribution in [0.1, 0.15) is 5.56 Å². The number of nitrogens with one attached hydrogen (secondary N) is 1. The van der Waals surface area contributed by atoms with E-state index in [2.05, 4.69) is 16.4 Å². The molecule has 2 aliphatic rings. The van der Waals surface area contributed by atoms with Crippen molar-refractivity contribution in [3.63, 3.8) is 0 Å². The Morgan fingerprint density at radius 2 is 2.33 bits per heavy atom. The zero-order chi connectivity index (χ0) is 16.5. The van der Waals surface area contributed by atoms with Gasteiger partial charge in [0.1, 0.15) is 12.3 Å². The number of hydrogen-bond donors (Lipinski definition) is 1. The predicted octanol–water partition coefficient (Wildman–Crippen LogP) is 2.22. The van der Waals surface area contributed by atoms with Gasteiger partial charge in [-0.25, -0.2) is 4.98 Å². The molecular weight excluding hydrogens is 346 g/mol. The minimum Gasteiger partial charge on any atom is -0.493 e. The fourth-order valence-corrected chi connectivity index (χ4v) is 4.32. The van der Waals surface area contributed by atoms with Crippen molar-refractivity contribution in [2.75, 3.05) is 30.1 Å². The summed E-state index contributed by atoms with van der Waals surface area (Å²) in [4.78, 5) is 29.6. The van der Waals surface area contributed by atoms with Gasteiger partial charge in [-0.3, -0.25) is 9.59 Å². The summed E-state index contributed by atoms with van der Waals surface area (Å²) in [6.07, 6.45) is 0.915. The quantitative estimate of drug-likeness (QED) is 0.904. The molecule has 124 valence electrons. The van der Waals surface area contributed by atoms with Gasteiger partial charge in [0.25, 0.3) is 0 Å². The number of benzene rings is 1. The normalized spacial score (nSPS) is 16.2. The van der Waals surface area contributed by atoms with E-state index in [4.69, 9.17) is 4.74 Å². The van der Waals surface area contributed by atoms with Gasteiger partial charge >= 0.3 is 0 Å². The summed E-state index contributed by atoms with van der Waals surface area (Å²) in [7, 11) is 0. The van der Waals surface area contributed by atoms with Crippen LogP contribution in [0.2, 0.25) is 0 Å². The van der Waals surface area contributed by atoms with Crippen molar-refractivity contribution in [3.05, 3.63) is 29.1 Å². The summed E-state index contributed by atoms with van der Waals surface area (Å²) < 4.78 is 5.51. The highest BCUT2D eigenvalue weighted by atomic mass is 32.2. The number of ether oxygens (including phenoxy) is 1. The molecule has 1 fully saturated rings. The second kappa shape index (κ2) is 6.45. The minimum atomic E-state index is -0.214. The lowest BCUT2D eigenvalue weighted by Gasteiger charge is -2.13. The van der Waals surface area contributed by atoms with Crippen molar-refractivity contribution in [1.82, 2.24) is 9.88 Å². The van der Waals surface area contributed by atoms with E-state index in [1.165, 1.54) is 28.7 Å². The summed E-state index contributed by atoms with van der Waals surface area (Å²) in [6, 6.07) is 6.03. The Kier molecular flexibility index (Phi) is 4.15. The van der Waals surface area contributed by atoms with Crippen molar-refractivity contribution in [2.45, 2.75) is 6.42 Å². The molecule has 1 aromatic heterocycles. The summed E-state index contributed by atoms with van der Waals surface area (Å²) >= 11 is 2.90. The van der Waals surface area contributed by atoms with E-state index < -0.39 is 0 Å². The van der Waals surface area contributed by atoms with Crippen molar-refractivity contribution < 1.29 is 14.3 Å². The Labute approximate surface area is 147 Å². The number of thioether (sulfide) groups is 1. The van der Waals surface area contributed by atoms with Crippen molar-refractivity contribution in [2.24, 2.45) is 0 Å². The predicted molar refractivity (Wildman–Crippen MR) is 94.4 cm³/mol. The first-order valence-corrected chi connectivity index (χ1v) is 9.59. The van der Waals surface area contributed by atoms with E-state index in [1.807, 2.05) is 17.5 Å². The molecule has 2 aromatic rings. The number of amides is 2. The van der Waals surface area contributed by atoms with Crippen LogP contribution in [-0.4, -0.2) is 46.5 Å². The number of nitrogens with zero attached hydrogens (tertiary/aromatic N) is 2. The van der Waals surface area contributed by atoms with Crippen molar-refractivity contribution >= 4 is 40.0 Å². The van der Waals surface area contributed by atoms with Crippen LogP contribution in [0, 0.1) is 0 Å². The van der Waals surface area contributed by atoms with Gasteiger partial charge in [-0.1, -0.05) is 0 Å². The second-order valence-corrected chi connectivity index (χ2v) is 7.39. The molecule has 1 saturated heterocycles. The molecule has 2 aliphatic heterocycles. The summed E-state index contributed by atoms with van der Waals surface area (Å²) in [5, 5.41) is 5.24. The molecule has 1 N–H and O–H groups in total. The lowest BCUT2D eigenvalue weighted by molar-refractivity contribution is -0.130. The van der Waals surface area contributed by atoms with Gasteiger partial charge in [-0.15, -0.1) is 23.1 Å². The highest BCUT2D eigenvalue weighted by molar-refractivity contribution is 8.00. The molecule has 24 heavy (non-hydrogen) atoms. The lowest BCUT2D eigenvalue weighted by atomic mass is 10.1. The van der Waals surface area contributed by atoms with Gasteiger partial charge in [0, 0.05) is 17.4 Å². The maximum absolute atomic E-state index is 12.0. The molecule has 1 aromatic carbocycles. The Morgan fingerprint density at radius 3 is 3.17 bits per heavy atom. The number of rotatable bonds is 4. The highest BCUT2D eigenvalue weighted by Crippen LogP contribution is 2.31. The van der Waals surface area contributed by atoms with Gasteiger partial charge in [0.2, 0.25) is 11.8 Å². The standard InChI is InChI=1S/C16H15N3O3S2/c20-14(6-19-9-23-8-15(19)21)18-16-17-12(7-24-16)10-1-2-13-11(5-10)3-4-22-13/h1-2,5,7H,3-4,6,8-9H2,(H,17,18,20). The fourth-order valence-electron chi connectivity index (χ4n) is 2.68. The van der Waals surface area contributed by atoms with E-state index in [9.17, 15) is 9.59 Å². The van der Waals surface area contributed by atoms with E-state index in [-0.39, 0.29) is 18.4 Å². The monoisotopic (exact) mass is 361 g/mol. The topological polar surface area (TPSA) is 71.5 Å². The van der Waals surface area contributed by atoms with Crippen LogP contribution in [0.15, 0.2) is 23.6 Å². The molecule has 6 nitrogen and oxygen atoms in total. The zero-order valence-electron chi connectivity index (χ0n) is 12.8. The van der Waals surface area contributed by atoms with Crippen LogP contribution < -0.4 is 10.1 Å². The number of hydrogen-bond acceptors (Lipinski definition) is 6. The molecule has 3 heterocycles. The number of carbonyl (C=O) groups excluding carboxylic acids is 2. The molecule has 0 saturated carbocycles. The number of thiazole rings is 1. The van der Waals surface area contributed by atoms with Gasteiger partial charge in [0.05, 0.1) is 23.9 Å². The third-order valence-corrected chi connectivity index (χ3v) is 5.60. The molecule has 0 radical (unpaired) electrons. The van der Waals surface area contributed by atoms with Gasteiger partial charge in [-0.2, -0.15) is 0 Å². The maximum atomic E-state index is 12.0. The number of anilines is 1. The van der Waals surface area contributed by atoms with Gasteiger partial charge in [0.15, 0.2) is 5.13 Å². The minimum absolute atomic E-state index is 0.00957. The average molecular weight is 361 g/mol. The molecule has 0 unspecified atom stereocenters. The third kappa shape index (κ3) is 3.11. The van der Waals surface area contributed by atoms with Crippen LogP contribution >= 0.6 is 23.1 Å². The number of aromatic nitrogens is 1. The van der Waals surface area contributed by atoms with Crippen molar-refractivity contribution in [1.29, 1.82) is 0 Å². The van der Waals surface area contributed by atoms with E-state index >= 15 is 0 Å². The lowest BCUT2D eigenvalue weighted by Crippen LogP contribution is -2.34. The third-order valence-electron chi connectivity index (χ3n) is 3.90. The molecular formula is C16H15N3O3S2. The van der Waals surface area contributed by atoms with Gasteiger partial charge in [-0.05, 0) is 23.8 Å². The highest BCUT2D eigenvalue weighted by Gasteiger charge is 2.23. The Balaban J connectivity index is 1.43. The molecule has 8 heteroatoms. The van der Waals surface area contributed by atoms with Crippen LogP contribution in [0.4, 0.5) is 5.13 Å². The average Bonchev–Trinajstić information content (AvgIpc) is 3.28. The first-order valence-electron chi connectivity index (χ1n) is 7.56. The largest absolute Gasteiger partial charge is 0.493 e. The molecule has 0 bridgehead atoms. The smallest absolute Gasteiger partial charge is 0.245 e. The van der Waals surface area contributed by atoms with Gasteiger partial charge < -0.3 is 15.0 Å². The first kappa shape index (κ1) is 15.5. The fraction of sp³-hybridized carbons (Fsp3) is 0.312. The number of fused-ring (bicyclic) bond motifs is 1. The molecule has 4 rings (SSSR count). The van der Waals surface area contributed by atoms with Crippen LogP contribution in [-0.2, 0) is 16.0 Å². The first-order chi connectivity index (χ1) is 11.7. The van der Waals surface area contributed by atoms with E-state index in [0.29, 0.717) is 16.8 Å². The summed E-state index contributed by atoms with van der Waals surface area (Å²) in [5.74, 6) is 1.77. The Bertz CT molecular complexity index is 806. The maximum Gasteiger partial charge on any atom is 0.245 e. The second-order valence-electron chi connectivity index (χ2n) is 5.58.